The first-order valence-corrected chi connectivity index (χ1v) is 7.89. The van der Waals surface area contributed by atoms with Gasteiger partial charge in [-0.25, -0.2) is 4.79 Å². The highest BCUT2D eigenvalue weighted by Gasteiger charge is 2.52. The Morgan fingerprint density at radius 3 is 2.48 bits per heavy atom. The maximum Gasteiger partial charge on any atom is 0.497 e. The molecule has 5 nitrogen and oxygen atoms in total. The zero-order chi connectivity index (χ0) is 16.8. The molecule has 0 spiro atoms. The maximum absolute atomic E-state index is 11.9. The summed E-state index contributed by atoms with van der Waals surface area (Å²) >= 11 is 0. The summed E-state index contributed by atoms with van der Waals surface area (Å²) in [6, 6.07) is 7.63. The molecule has 0 radical (unpaired) electrons. The molecule has 1 aromatic heterocycles. The Balaban J connectivity index is 2.01. The highest BCUT2D eigenvalue weighted by Crippen LogP contribution is 2.37. The lowest BCUT2D eigenvalue weighted by atomic mass is 9.78. The van der Waals surface area contributed by atoms with Crippen LogP contribution in [0.25, 0.3) is 10.9 Å². The van der Waals surface area contributed by atoms with Crippen molar-refractivity contribution in [2.24, 2.45) is 0 Å². The van der Waals surface area contributed by atoms with Crippen molar-refractivity contribution in [3.05, 3.63) is 30.0 Å². The largest absolute Gasteiger partial charge is 0.497 e. The molecular weight excluding hydrogens is 293 g/mol. The van der Waals surface area contributed by atoms with Crippen molar-refractivity contribution >= 4 is 29.5 Å². The molecule has 23 heavy (non-hydrogen) atoms. The van der Waals surface area contributed by atoms with Gasteiger partial charge in [0.15, 0.2) is 0 Å². The first-order chi connectivity index (χ1) is 10.7. The standard InChI is InChI=1S/C17H22BNO4/c1-6-21-15(20)13-10-11-8-7-9-12(14(11)19-13)18-22-16(2,3)17(4,5)23-18/h7-10,19H,6H2,1-5H3. The number of carbonyl (C=O) groups is 1. The average Bonchev–Trinajstić information content (AvgIpc) is 2.98. The first kappa shape index (κ1) is 16.1. The minimum Gasteiger partial charge on any atom is -0.461 e. The van der Waals surface area contributed by atoms with Gasteiger partial charge in [0.1, 0.15) is 5.69 Å². The second-order valence-corrected chi connectivity index (χ2v) is 6.80. The van der Waals surface area contributed by atoms with E-state index >= 15 is 0 Å². The van der Waals surface area contributed by atoms with Crippen molar-refractivity contribution in [1.29, 1.82) is 0 Å². The van der Waals surface area contributed by atoms with Gasteiger partial charge in [-0.3, -0.25) is 0 Å². The molecule has 0 bridgehead atoms. The van der Waals surface area contributed by atoms with Crippen LogP contribution in [-0.2, 0) is 14.0 Å². The van der Waals surface area contributed by atoms with E-state index in [0.29, 0.717) is 12.3 Å². The van der Waals surface area contributed by atoms with Crippen molar-refractivity contribution in [2.75, 3.05) is 6.61 Å². The number of carbonyl (C=O) groups excluding carboxylic acids is 1. The number of fused-ring (bicyclic) bond motifs is 1. The van der Waals surface area contributed by atoms with Gasteiger partial charge in [-0.05, 0) is 46.1 Å². The molecule has 6 heteroatoms. The lowest BCUT2D eigenvalue weighted by molar-refractivity contribution is 0.00578. The van der Waals surface area contributed by atoms with Crippen LogP contribution in [0.5, 0.6) is 0 Å². The molecule has 0 amide bonds. The van der Waals surface area contributed by atoms with Gasteiger partial charge in [-0.2, -0.15) is 0 Å². The Hall–Kier alpha value is -1.79. The number of H-pyrrole nitrogens is 1. The molecule has 122 valence electrons. The molecule has 2 aromatic rings. The van der Waals surface area contributed by atoms with Crippen LogP contribution in [-0.4, -0.2) is 35.9 Å². The number of benzene rings is 1. The Morgan fingerprint density at radius 2 is 1.87 bits per heavy atom. The SMILES string of the molecule is CCOC(=O)c1cc2cccc(B3OC(C)(C)C(C)(C)O3)c2[nH]1. The van der Waals surface area contributed by atoms with Crippen molar-refractivity contribution in [3.8, 4) is 0 Å². The Kier molecular flexibility index (Phi) is 3.77. The molecule has 0 saturated carbocycles. The van der Waals surface area contributed by atoms with Gasteiger partial charge in [-0.15, -0.1) is 0 Å². The summed E-state index contributed by atoms with van der Waals surface area (Å²) in [5.74, 6) is -0.358. The number of aromatic nitrogens is 1. The number of para-hydroxylation sites is 1. The summed E-state index contributed by atoms with van der Waals surface area (Å²) in [5, 5.41) is 0.931. The summed E-state index contributed by atoms with van der Waals surface area (Å²) in [6.45, 7) is 10.2. The number of hydrogen-bond donors (Lipinski definition) is 1. The van der Waals surface area contributed by atoms with Crippen LogP contribution in [0.1, 0.15) is 45.1 Å². The summed E-state index contributed by atoms with van der Waals surface area (Å²) in [6.07, 6.45) is 0. The van der Waals surface area contributed by atoms with E-state index in [1.54, 1.807) is 13.0 Å². The van der Waals surface area contributed by atoms with Gasteiger partial charge in [0.05, 0.1) is 17.8 Å². The van der Waals surface area contributed by atoms with Crippen LogP contribution in [0, 0.1) is 0 Å². The van der Waals surface area contributed by atoms with E-state index < -0.39 is 18.3 Å². The molecule has 0 aliphatic carbocycles. The van der Waals surface area contributed by atoms with E-state index in [9.17, 15) is 4.79 Å². The van der Waals surface area contributed by atoms with Crippen LogP contribution in [0.3, 0.4) is 0 Å². The fourth-order valence-electron chi connectivity index (χ4n) is 2.66. The minimum absolute atomic E-state index is 0.346. The normalized spacial score (nSPS) is 19.3. The minimum atomic E-state index is -0.475. The maximum atomic E-state index is 11.9. The number of ether oxygens (including phenoxy) is 1. The molecule has 1 aliphatic rings. The molecule has 1 aromatic carbocycles. The van der Waals surface area contributed by atoms with Crippen molar-refractivity contribution < 1.29 is 18.8 Å². The van der Waals surface area contributed by atoms with E-state index in [1.807, 2.05) is 45.9 Å². The third-order valence-corrected chi connectivity index (χ3v) is 4.69. The fourth-order valence-corrected chi connectivity index (χ4v) is 2.66. The molecular formula is C17H22BNO4. The van der Waals surface area contributed by atoms with E-state index in [2.05, 4.69) is 4.98 Å². The van der Waals surface area contributed by atoms with Gasteiger partial charge in [-0.1, -0.05) is 18.2 Å². The molecule has 2 heterocycles. The zero-order valence-corrected chi connectivity index (χ0v) is 14.2. The third kappa shape index (κ3) is 2.66. The predicted octanol–water partition coefficient (Wildman–Crippen LogP) is 2.64. The van der Waals surface area contributed by atoms with Gasteiger partial charge in [0.2, 0.25) is 0 Å². The summed E-state index contributed by atoms with van der Waals surface area (Å²) < 4.78 is 17.3. The number of hydrogen-bond acceptors (Lipinski definition) is 4. The van der Waals surface area contributed by atoms with E-state index in [0.717, 1.165) is 16.4 Å². The monoisotopic (exact) mass is 315 g/mol. The van der Waals surface area contributed by atoms with E-state index in [-0.39, 0.29) is 5.97 Å². The number of aromatic amines is 1. The third-order valence-electron chi connectivity index (χ3n) is 4.69. The fraction of sp³-hybridized carbons (Fsp3) is 0.471. The van der Waals surface area contributed by atoms with Crippen molar-refractivity contribution in [3.63, 3.8) is 0 Å². The molecule has 1 fully saturated rings. The summed E-state index contributed by atoms with van der Waals surface area (Å²) in [7, 11) is -0.475. The highest BCUT2D eigenvalue weighted by atomic mass is 16.7. The van der Waals surface area contributed by atoms with Crippen LogP contribution < -0.4 is 5.46 Å². The second-order valence-electron chi connectivity index (χ2n) is 6.80. The highest BCUT2D eigenvalue weighted by molar-refractivity contribution is 6.65. The van der Waals surface area contributed by atoms with Crippen molar-refractivity contribution in [2.45, 2.75) is 45.8 Å². The first-order valence-electron chi connectivity index (χ1n) is 7.89. The number of rotatable bonds is 3. The number of nitrogens with one attached hydrogen (secondary N) is 1. The smallest absolute Gasteiger partial charge is 0.461 e. The molecule has 1 N–H and O–H groups in total. The van der Waals surface area contributed by atoms with Crippen LogP contribution in [0.15, 0.2) is 24.3 Å². The molecule has 3 rings (SSSR count). The summed E-state index contributed by atoms with van der Waals surface area (Å²) in [5.41, 5.74) is 1.35. The van der Waals surface area contributed by atoms with Gasteiger partial charge in [0, 0.05) is 11.0 Å². The molecule has 0 unspecified atom stereocenters. The molecule has 1 aliphatic heterocycles. The van der Waals surface area contributed by atoms with E-state index in [1.165, 1.54) is 0 Å². The van der Waals surface area contributed by atoms with Gasteiger partial charge >= 0.3 is 13.1 Å². The van der Waals surface area contributed by atoms with E-state index in [4.69, 9.17) is 14.0 Å². The van der Waals surface area contributed by atoms with Gasteiger partial charge < -0.3 is 19.0 Å². The number of esters is 1. The van der Waals surface area contributed by atoms with Crippen LogP contribution in [0.2, 0.25) is 0 Å². The zero-order valence-electron chi connectivity index (χ0n) is 14.2. The molecule has 0 atom stereocenters. The Labute approximate surface area is 136 Å². The topological polar surface area (TPSA) is 60.6 Å². The lowest BCUT2D eigenvalue weighted by Gasteiger charge is -2.32. The Morgan fingerprint density at radius 1 is 1.22 bits per heavy atom. The second kappa shape index (κ2) is 5.39. The molecule has 1 saturated heterocycles. The lowest BCUT2D eigenvalue weighted by Crippen LogP contribution is -2.41. The van der Waals surface area contributed by atoms with Crippen LogP contribution >= 0.6 is 0 Å². The van der Waals surface area contributed by atoms with Crippen LogP contribution in [0.4, 0.5) is 0 Å². The quantitative estimate of drug-likeness (QED) is 0.699. The predicted molar refractivity (Wildman–Crippen MR) is 90.0 cm³/mol. The summed E-state index contributed by atoms with van der Waals surface area (Å²) in [4.78, 5) is 15.1. The average molecular weight is 315 g/mol. The van der Waals surface area contributed by atoms with Crippen molar-refractivity contribution in [1.82, 2.24) is 4.98 Å². The Bertz CT molecular complexity index is 734. The van der Waals surface area contributed by atoms with Gasteiger partial charge in [0.25, 0.3) is 0 Å².